The fourth-order valence-electron chi connectivity index (χ4n) is 5.24. The van der Waals surface area contributed by atoms with Crippen molar-refractivity contribution in [2.75, 3.05) is 0 Å². The van der Waals surface area contributed by atoms with Crippen LogP contribution in [0.25, 0.3) is 0 Å². The maximum absolute atomic E-state index is 13.6. The number of benzene rings is 1. The minimum Gasteiger partial charge on any atom is -0.481 e. The molecule has 1 N–H and O–H groups in total. The summed E-state index contributed by atoms with van der Waals surface area (Å²) in [5, 5.41) is 9.19. The molecule has 1 aromatic rings. The van der Waals surface area contributed by atoms with E-state index < -0.39 is 60.6 Å². The molecule has 0 aromatic heterocycles. The maximum atomic E-state index is 13.6. The van der Waals surface area contributed by atoms with Gasteiger partial charge in [-0.2, -0.15) is 39.5 Å². The van der Waals surface area contributed by atoms with E-state index in [0.717, 1.165) is 11.1 Å². The van der Waals surface area contributed by atoms with Gasteiger partial charge in [-0.25, -0.2) is 0 Å². The third-order valence-corrected chi connectivity index (χ3v) is 7.72. The average Bonchev–Trinajstić information content (AvgIpc) is 2.85. The first kappa shape index (κ1) is 31.1. The number of alkyl halides is 9. The number of esters is 1. The van der Waals surface area contributed by atoms with Crippen LogP contribution in [-0.2, 0) is 22.4 Å². The number of carboxylic acid groups (broad SMARTS) is 1. The summed E-state index contributed by atoms with van der Waals surface area (Å²) in [5.74, 6) is -20.8. The highest BCUT2D eigenvalue weighted by Gasteiger charge is 2.81. The Morgan fingerprint density at radius 3 is 2.05 bits per heavy atom. The number of ether oxygens (including phenoxy) is 1. The van der Waals surface area contributed by atoms with E-state index in [0.29, 0.717) is 50.7 Å². The van der Waals surface area contributed by atoms with Gasteiger partial charge in [0.05, 0.1) is 11.8 Å². The highest BCUT2D eigenvalue weighted by atomic mass is 19.4. The van der Waals surface area contributed by atoms with Gasteiger partial charge in [-0.05, 0) is 80.5 Å². The number of hydrogen-bond acceptors (Lipinski definition) is 3. The van der Waals surface area contributed by atoms with Crippen LogP contribution in [0.2, 0.25) is 0 Å². The second-order valence-electron chi connectivity index (χ2n) is 10.4. The number of fused-ring (bicyclic) bond motifs is 1. The molecule has 1 atom stereocenters. The quantitative estimate of drug-likeness (QED) is 0.135. The first-order valence-corrected chi connectivity index (χ1v) is 12.7. The summed E-state index contributed by atoms with van der Waals surface area (Å²) in [7, 11) is 0. The minimum atomic E-state index is -6.86. The summed E-state index contributed by atoms with van der Waals surface area (Å²) >= 11 is 0. The number of hydrogen-bond donors (Lipinski definition) is 1. The van der Waals surface area contributed by atoms with Crippen molar-refractivity contribution in [2.24, 2.45) is 17.8 Å². The van der Waals surface area contributed by atoms with Gasteiger partial charge in [0.25, 0.3) is 0 Å². The number of unbranched alkanes of at least 4 members (excludes halogenated alkanes) is 1. The lowest BCUT2D eigenvalue weighted by atomic mass is 9.79. The zero-order valence-corrected chi connectivity index (χ0v) is 20.8. The van der Waals surface area contributed by atoms with Gasteiger partial charge in [0, 0.05) is 6.42 Å². The number of halogens is 9. The normalized spacial score (nSPS) is 22.7. The van der Waals surface area contributed by atoms with Crippen LogP contribution in [-0.4, -0.2) is 41.0 Å². The molecule has 0 aliphatic heterocycles. The van der Waals surface area contributed by atoms with Crippen molar-refractivity contribution in [1.29, 1.82) is 0 Å². The number of aliphatic carboxylic acids is 1. The van der Waals surface area contributed by atoms with E-state index >= 15 is 0 Å². The summed E-state index contributed by atoms with van der Waals surface area (Å²) in [6.45, 7) is 0. The van der Waals surface area contributed by atoms with Crippen molar-refractivity contribution >= 4 is 11.9 Å². The number of carboxylic acids is 1. The van der Waals surface area contributed by atoms with E-state index in [2.05, 4.69) is 0 Å². The SMILES string of the molecule is O=C(O)C1CCc2cc(OC(=O)C3CCC(CCCCC(F)(F)C(F)(F)C(F)(F)C(F)(F)F)CC3)ccc2C1. The van der Waals surface area contributed by atoms with Crippen molar-refractivity contribution in [1.82, 2.24) is 0 Å². The van der Waals surface area contributed by atoms with E-state index in [1.165, 1.54) is 0 Å². The Labute approximate surface area is 218 Å². The molecule has 0 radical (unpaired) electrons. The van der Waals surface area contributed by atoms with Crippen LogP contribution in [0.1, 0.15) is 68.9 Å². The third-order valence-electron chi connectivity index (χ3n) is 7.72. The molecule has 3 rings (SSSR count). The largest absolute Gasteiger partial charge is 0.481 e. The number of aryl methyl sites for hydroxylation is 1. The number of carbonyl (C=O) groups excluding carboxylic acids is 1. The van der Waals surface area contributed by atoms with Gasteiger partial charge in [-0.15, -0.1) is 0 Å². The minimum absolute atomic E-state index is 0.0364. The summed E-state index contributed by atoms with van der Waals surface area (Å²) in [6.07, 6.45) is -5.74. The van der Waals surface area contributed by atoms with E-state index in [9.17, 15) is 54.2 Å². The number of carbonyl (C=O) groups is 2. The van der Waals surface area contributed by atoms with E-state index in [1.807, 2.05) is 0 Å². The fraction of sp³-hybridized carbons (Fsp3) is 0.692. The Kier molecular flexibility index (Phi) is 9.21. The van der Waals surface area contributed by atoms with Crippen molar-refractivity contribution in [3.63, 3.8) is 0 Å². The van der Waals surface area contributed by atoms with Crippen molar-refractivity contribution < 1.29 is 58.9 Å². The van der Waals surface area contributed by atoms with Crippen LogP contribution in [0.15, 0.2) is 18.2 Å². The lowest BCUT2D eigenvalue weighted by molar-refractivity contribution is -0.396. The first-order valence-electron chi connectivity index (χ1n) is 12.7. The van der Waals surface area contributed by atoms with Crippen LogP contribution in [0.5, 0.6) is 5.75 Å². The molecular formula is C26H29F9O4. The first-order chi connectivity index (χ1) is 18.0. The fourth-order valence-corrected chi connectivity index (χ4v) is 5.24. The van der Waals surface area contributed by atoms with Crippen molar-refractivity contribution in [2.45, 2.75) is 94.6 Å². The topological polar surface area (TPSA) is 63.6 Å². The van der Waals surface area contributed by atoms with Crippen molar-refractivity contribution in [3.05, 3.63) is 29.3 Å². The van der Waals surface area contributed by atoms with Crippen LogP contribution >= 0.6 is 0 Å². The lowest BCUT2D eigenvalue weighted by Crippen LogP contribution is -2.60. The Morgan fingerprint density at radius 1 is 0.821 bits per heavy atom. The van der Waals surface area contributed by atoms with Gasteiger partial charge in [0.15, 0.2) is 0 Å². The Hall–Kier alpha value is -2.47. The molecule has 4 nitrogen and oxygen atoms in total. The molecule has 13 heteroatoms. The zero-order chi connectivity index (χ0) is 29.2. The molecule has 1 fully saturated rings. The summed E-state index contributed by atoms with van der Waals surface area (Å²) in [5.41, 5.74) is 1.82. The van der Waals surface area contributed by atoms with Crippen LogP contribution in [0.3, 0.4) is 0 Å². The lowest BCUT2D eigenvalue weighted by Gasteiger charge is -2.33. The Balaban J connectivity index is 1.41. The van der Waals surface area contributed by atoms with E-state index in [-0.39, 0.29) is 18.8 Å². The van der Waals surface area contributed by atoms with E-state index in [1.54, 1.807) is 18.2 Å². The molecule has 39 heavy (non-hydrogen) atoms. The molecule has 1 saturated carbocycles. The maximum Gasteiger partial charge on any atom is 0.460 e. The monoisotopic (exact) mass is 576 g/mol. The second-order valence-corrected chi connectivity index (χ2v) is 10.4. The predicted molar refractivity (Wildman–Crippen MR) is 120 cm³/mol. The second kappa shape index (κ2) is 11.6. The van der Waals surface area contributed by atoms with E-state index in [4.69, 9.17) is 4.74 Å². The third kappa shape index (κ3) is 6.82. The average molecular weight is 576 g/mol. The van der Waals surface area contributed by atoms with Gasteiger partial charge in [0.2, 0.25) is 0 Å². The highest BCUT2D eigenvalue weighted by Crippen LogP contribution is 2.54. The Morgan fingerprint density at radius 2 is 1.46 bits per heavy atom. The predicted octanol–water partition coefficient (Wildman–Crippen LogP) is 7.62. The summed E-state index contributed by atoms with van der Waals surface area (Å²) in [6, 6.07) is 5.07. The van der Waals surface area contributed by atoms with Crippen LogP contribution in [0, 0.1) is 17.8 Å². The van der Waals surface area contributed by atoms with Crippen LogP contribution < -0.4 is 4.74 Å². The number of rotatable bonds is 10. The molecule has 0 heterocycles. The van der Waals surface area contributed by atoms with Gasteiger partial charge >= 0.3 is 35.9 Å². The molecule has 2 aliphatic carbocycles. The van der Waals surface area contributed by atoms with Gasteiger partial charge in [-0.3, -0.25) is 9.59 Å². The van der Waals surface area contributed by atoms with Gasteiger partial charge in [0.1, 0.15) is 5.75 Å². The standard InChI is InChI=1S/C26H29F9O4/c27-23(28,24(29,30)25(31,32)26(33,34)35)12-2-1-3-15-4-6-16(7-5-15)22(38)39-20-11-10-17-13-19(21(36)37)9-8-18(17)14-20/h10-11,14-16,19H,1-9,12-13H2,(H,36,37). The molecule has 0 bridgehead atoms. The molecule has 0 saturated heterocycles. The van der Waals surface area contributed by atoms with Crippen LogP contribution in [0.4, 0.5) is 39.5 Å². The van der Waals surface area contributed by atoms with Gasteiger partial charge < -0.3 is 9.84 Å². The smallest absolute Gasteiger partial charge is 0.460 e. The van der Waals surface area contributed by atoms with Crippen molar-refractivity contribution in [3.8, 4) is 5.75 Å². The highest BCUT2D eigenvalue weighted by molar-refractivity contribution is 5.75. The zero-order valence-electron chi connectivity index (χ0n) is 20.8. The molecule has 1 aromatic carbocycles. The molecular weight excluding hydrogens is 547 g/mol. The Bertz CT molecular complexity index is 1030. The summed E-state index contributed by atoms with van der Waals surface area (Å²) in [4.78, 5) is 23.8. The van der Waals surface area contributed by atoms with Gasteiger partial charge in [-0.1, -0.05) is 18.9 Å². The molecule has 1 unspecified atom stereocenters. The molecule has 220 valence electrons. The summed E-state index contributed by atoms with van der Waals surface area (Å²) < 4.78 is 122. The molecule has 0 amide bonds. The molecule has 2 aliphatic rings. The molecule has 0 spiro atoms.